The van der Waals surface area contributed by atoms with Gasteiger partial charge in [0.25, 0.3) is 0 Å². The lowest BCUT2D eigenvalue weighted by atomic mass is 10.1. The molecule has 3 nitrogen and oxygen atoms in total. The number of nitrogens with zero attached hydrogens (tertiary/aromatic N) is 2. The Morgan fingerprint density at radius 3 is 2.11 bits per heavy atom. The van der Waals surface area contributed by atoms with Crippen LogP contribution in [0.25, 0.3) is 11.1 Å². The first-order valence-electron chi connectivity index (χ1n) is 8.67. The largest absolute Gasteiger partial charge is 0.296 e. The number of benzene rings is 3. The highest BCUT2D eigenvalue weighted by atomic mass is 19.1. The molecule has 0 atom stereocenters. The minimum atomic E-state index is -0.294. The summed E-state index contributed by atoms with van der Waals surface area (Å²) in [5.74, 6) is -0.294. The van der Waals surface area contributed by atoms with Crippen LogP contribution in [0.2, 0.25) is 0 Å². The highest BCUT2D eigenvalue weighted by Gasteiger charge is 2.10. The van der Waals surface area contributed by atoms with E-state index in [1.165, 1.54) is 6.07 Å². The van der Waals surface area contributed by atoms with Gasteiger partial charge in [-0.1, -0.05) is 60.7 Å². The van der Waals surface area contributed by atoms with Crippen molar-refractivity contribution in [3.05, 3.63) is 90.2 Å². The summed E-state index contributed by atoms with van der Waals surface area (Å²) in [7, 11) is 0. The lowest BCUT2D eigenvalue weighted by Gasteiger charge is -2.20. The molecule has 0 saturated carbocycles. The van der Waals surface area contributed by atoms with E-state index < -0.39 is 0 Å². The average molecular weight is 372 g/mol. The van der Waals surface area contributed by atoms with E-state index in [1.54, 1.807) is 30.1 Å². The molecule has 0 amide bonds. The standard InChI is InChI=1S/C22H19FN2O.C2H2/c1-17(16-26)24-25(15-20-9-5-6-10-22(20)23)21-13-11-19(12-14-21)18-7-3-2-4-8-18;1-2/h2-14,16H,15H2,1H3;1-2H/b24-17+;. The summed E-state index contributed by atoms with van der Waals surface area (Å²) < 4.78 is 14.0. The van der Waals surface area contributed by atoms with Crippen molar-refractivity contribution in [1.29, 1.82) is 0 Å². The van der Waals surface area contributed by atoms with E-state index >= 15 is 0 Å². The van der Waals surface area contributed by atoms with Crippen LogP contribution in [0.4, 0.5) is 10.1 Å². The summed E-state index contributed by atoms with van der Waals surface area (Å²) in [6.45, 7) is 1.86. The van der Waals surface area contributed by atoms with Gasteiger partial charge in [-0.2, -0.15) is 5.10 Å². The van der Waals surface area contributed by atoms with E-state index in [2.05, 4.69) is 17.9 Å². The summed E-state index contributed by atoms with van der Waals surface area (Å²) in [5, 5.41) is 5.96. The average Bonchev–Trinajstić information content (AvgIpc) is 2.77. The Morgan fingerprint density at radius 1 is 0.929 bits per heavy atom. The smallest absolute Gasteiger partial charge is 0.165 e. The molecule has 0 N–H and O–H groups in total. The van der Waals surface area contributed by atoms with Gasteiger partial charge in [-0.05, 0) is 36.2 Å². The Balaban J connectivity index is 0.00000136. The van der Waals surface area contributed by atoms with Gasteiger partial charge < -0.3 is 0 Å². The molecule has 28 heavy (non-hydrogen) atoms. The number of anilines is 1. The van der Waals surface area contributed by atoms with Gasteiger partial charge in [-0.15, -0.1) is 12.8 Å². The summed E-state index contributed by atoms with van der Waals surface area (Å²) in [6.07, 6.45) is 8.69. The molecule has 0 aliphatic heterocycles. The minimum Gasteiger partial charge on any atom is -0.296 e. The van der Waals surface area contributed by atoms with Crippen molar-refractivity contribution < 1.29 is 9.18 Å². The van der Waals surface area contributed by atoms with Gasteiger partial charge in [0, 0.05) is 5.56 Å². The minimum absolute atomic E-state index is 0.239. The van der Waals surface area contributed by atoms with E-state index in [9.17, 15) is 9.18 Å². The third-order valence-corrected chi connectivity index (χ3v) is 4.00. The van der Waals surface area contributed by atoms with Crippen molar-refractivity contribution in [2.24, 2.45) is 5.10 Å². The highest BCUT2D eigenvalue weighted by Crippen LogP contribution is 2.25. The molecular weight excluding hydrogens is 351 g/mol. The Hall–Kier alpha value is -3.71. The Morgan fingerprint density at radius 2 is 1.50 bits per heavy atom. The molecule has 0 heterocycles. The molecule has 0 unspecified atom stereocenters. The lowest BCUT2D eigenvalue weighted by molar-refractivity contribution is -0.102. The number of aldehydes is 1. The normalized spacial score (nSPS) is 10.5. The highest BCUT2D eigenvalue weighted by molar-refractivity contribution is 6.27. The number of carbonyl (C=O) groups excluding carboxylic acids is 1. The van der Waals surface area contributed by atoms with Crippen LogP contribution in [0, 0.1) is 18.7 Å². The third kappa shape index (κ3) is 5.39. The molecule has 0 aliphatic rings. The number of rotatable bonds is 6. The number of hydrogen-bond acceptors (Lipinski definition) is 3. The van der Waals surface area contributed by atoms with Crippen molar-refractivity contribution in [3.8, 4) is 24.0 Å². The molecule has 0 radical (unpaired) electrons. The summed E-state index contributed by atoms with van der Waals surface area (Å²) in [6, 6.07) is 24.4. The van der Waals surface area contributed by atoms with E-state index in [4.69, 9.17) is 0 Å². The van der Waals surface area contributed by atoms with Gasteiger partial charge >= 0.3 is 0 Å². The molecule has 0 spiro atoms. The van der Waals surface area contributed by atoms with Crippen molar-refractivity contribution >= 4 is 17.7 Å². The first-order chi connectivity index (χ1) is 13.7. The predicted octanol–water partition coefficient (Wildman–Crippen LogP) is 5.32. The first-order valence-corrected chi connectivity index (χ1v) is 8.67. The fraction of sp³-hybridized carbons (Fsp3) is 0.0833. The van der Waals surface area contributed by atoms with Crippen LogP contribution >= 0.6 is 0 Å². The molecule has 0 aliphatic carbocycles. The van der Waals surface area contributed by atoms with Crippen LogP contribution in [-0.4, -0.2) is 12.0 Å². The first kappa shape index (κ1) is 20.6. The fourth-order valence-electron chi connectivity index (χ4n) is 2.64. The predicted molar refractivity (Wildman–Crippen MR) is 114 cm³/mol. The number of hydrazone groups is 1. The molecule has 4 heteroatoms. The van der Waals surface area contributed by atoms with E-state index in [1.807, 2.05) is 54.6 Å². The zero-order valence-corrected chi connectivity index (χ0v) is 15.6. The van der Waals surface area contributed by atoms with Crippen LogP contribution in [0.1, 0.15) is 12.5 Å². The van der Waals surface area contributed by atoms with E-state index in [0.29, 0.717) is 17.6 Å². The molecular formula is C24H21FN2O. The zero-order chi connectivity index (χ0) is 20.4. The number of carbonyl (C=O) groups is 1. The molecule has 3 aromatic carbocycles. The summed E-state index contributed by atoms with van der Waals surface area (Å²) in [5.41, 5.74) is 3.83. The number of halogens is 1. The van der Waals surface area contributed by atoms with Crippen LogP contribution < -0.4 is 5.01 Å². The van der Waals surface area contributed by atoms with E-state index in [-0.39, 0.29) is 12.4 Å². The second-order valence-corrected chi connectivity index (χ2v) is 5.92. The van der Waals surface area contributed by atoms with Crippen LogP contribution in [0.3, 0.4) is 0 Å². The molecule has 0 fully saturated rings. The molecule has 0 bridgehead atoms. The van der Waals surface area contributed by atoms with Crippen LogP contribution in [0.15, 0.2) is 84.0 Å². The fourth-order valence-corrected chi connectivity index (χ4v) is 2.64. The van der Waals surface area contributed by atoms with Gasteiger partial charge in [0.15, 0.2) is 6.29 Å². The monoisotopic (exact) mass is 372 g/mol. The third-order valence-electron chi connectivity index (χ3n) is 4.00. The van der Waals surface area contributed by atoms with Crippen molar-refractivity contribution in [3.63, 3.8) is 0 Å². The van der Waals surface area contributed by atoms with Crippen LogP contribution in [0.5, 0.6) is 0 Å². The van der Waals surface area contributed by atoms with Crippen molar-refractivity contribution in [2.75, 3.05) is 5.01 Å². The molecule has 0 saturated heterocycles. The maximum absolute atomic E-state index is 14.0. The molecule has 0 aromatic heterocycles. The maximum atomic E-state index is 14.0. The summed E-state index contributed by atoms with van der Waals surface area (Å²) in [4.78, 5) is 11.0. The van der Waals surface area contributed by atoms with Gasteiger partial charge in [0.2, 0.25) is 0 Å². The Bertz CT molecular complexity index is 947. The number of terminal acetylenes is 1. The van der Waals surface area contributed by atoms with Gasteiger partial charge in [-0.3, -0.25) is 9.80 Å². The Labute approximate surface area is 165 Å². The maximum Gasteiger partial charge on any atom is 0.165 e. The van der Waals surface area contributed by atoms with Gasteiger partial charge in [0.05, 0.1) is 17.9 Å². The molecule has 3 aromatic rings. The van der Waals surface area contributed by atoms with Gasteiger partial charge in [0.1, 0.15) is 5.82 Å². The SMILES string of the molecule is C#C.C/C(C=O)=N\N(Cc1ccccc1F)c1ccc(-c2ccccc2)cc1. The van der Waals surface area contributed by atoms with Crippen LogP contribution in [-0.2, 0) is 11.3 Å². The van der Waals surface area contributed by atoms with E-state index in [0.717, 1.165) is 16.8 Å². The topological polar surface area (TPSA) is 32.7 Å². The Kier molecular flexibility index (Phi) is 7.68. The molecule has 140 valence electrons. The second kappa shape index (κ2) is 10.4. The summed E-state index contributed by atoms with van der Waals surface area (Å²) >= 11 is 0. The zero-order valence-electron chi connectivity index (χ0n) is 15.6. The second-order valence-electron chi connectivity index (χ2n) is 5.92. The van der Waals surface area contributed by atoms with Gasteiger partial charge in [-0.25, -0.2) is 4.39 Å². The molecule has 3 rings (SSSR count). The van der Waals surface area contributed by atoms with Crippen molar-refractivity contribution in [1.82, 2.24) is 0 Å². The van der Waals surface area contributed by atoms with Crippen molar-refractivity contribution in [2.45, 2.75) is 13.5 Å². The quantitative estimate of drug-likeness (QED) is 0.254. The lowest BCUT2D eigenvalue weighted by Crippen LogP contribution is -2.19. The number of hydrogen-bond donors (Lipinski definition) is 0.